The summed E-state index contributed by atoms with van der Waals surface area (Å²) in [6, 6.07) is 0. The lowest BCUT2D eigenvalue weighted by atomic mass is 10.2. The average Bonchev–Trinajstić information content (AvgIpc) is 1.97. The number of hydrogen-bond acceptors (Lipinski definition) is 1. The average molecular weight is 139 g/mol. The number of unbranched alkanes of at least 4 members (excludes halogenated alkanes) is 3. The second kappa shape index (κ2) is 8.52. The van der Waals surface area contributed by atoms with Crippen LogP contribution in [0.1, 0.15) is 32.6 Å². The molecule has 0 aromatic rings. The first kappa shape index (κ1) is 9.52. The Hall–Kier alpha value is -0.480. The molecule has 0 bridgehead atoms. The fourth-order valence-electron chi connectivity index (χ4n) is 0.707. The van der Waals surface area contributed by atoms with Gasteiger partial charge in [0.1, 0.15) is 0 Å². The summed E-state index contributed by atoms with van der Waals surface area (Å²) in [6.45, 7) is 4.45. The summed E-state index contributed by atoms with van der Waals surface area (Å²) in [5.41, 5.74) is 0. The van der Waals surface area contributed by atoms with Crippen LogP contribution in [0.15, 0.2) is 0 Å². The molecule has 0 fully saturated rings. The minimum Gasteiger partial charge on any atom is -0.376 e. The lowest BCUT2D eigenvalue weighted by molar-refractivity contribution is 0.198. The van der Waals surface area contributed by atoms with Gasteiger partial charge in [-0.1, -0.05) is 6.42 Å². The normalized spacial score (nSPS) is 9.20. The maximum atomic E-state index is 5.08. The fraction of sp³-hybridized carbons (Fsp3) is 0.667. The van der Waals surface area contributed by atoms with Crippen molar-refractivity contribution in [1.29, 1.82) is 0 Å². The van der Waals surface area contributed by atoms with Crippen molar-refractivity contribution in [2.24, 2.45) is 0 Å². The van der Waals surface area contributed by atoms with Crippen LogP contribution in [0, 0.1) is 19.0 Å². The van der Waals surface area contributed by atoms with Gasteiger partial charge in [0.15, 0.2) is 0 Å². The van der Waals surface area contributed by atoms with Gasteiger partial charge in [0.25, 0.3) is 0 Å². The highest BCUT2D eigenvalue weighted by atomic mass is 16.5. The smallest absolute Gasteiger partial charge is 0.0805 e. The van der Waals surface area contributed by atoms with Crippen molar-refractivity contribution in [2.75, 3.05) is 6.61 Å². The van der Waals surface area contributed by atoms with Crippen LogP contribution in [0.4, 0.5) is 0 Å². The van der Waals surface area contributed by atoms with Gasteiger partial charge in [0, 0.05) is 13.0 Å². The van der Waals surface area contributed by atoms with Gasteiger partial charge in [0.05, 0.1) is 6.61 Å². The Morgan fingerprint density at radius 3 is 2.80 bits per heavy atom. The zero-order valence-corrected chi connectivity index (χ0v) is 6.60. The molecule has 0 rings (SSSR count). The van der Waals surface area contributed by atoms with E-state index < -0.39 is 0 Å². The molecule has 0 aliphatic rings. The Bertz CT molecular complexity index is 91.4. The van der Waals surface area contributed by atoms with Crippen LogP contribution in [-0.2, 0) is 4.74 Å². The third-order valence-corrected chi connectivity index (χ3v) is 1.25. The van der Waals surface area contributed by atoms with Gasteiger partial charge in [-0.3, -0.25) is 0 Å². The third-order valence-electron chi connectivity index (χ3n) is 1.25. The number of hydrogen-bond donors (Lipinski definition) is 0. The van der Waals surface area contributed by atoms with E-state index in [4.69, 9.17) is 11.2 Å². The Labute approximate surface area is 63.8 Å². The van der Waals surface area contributed by atoms with Gasteiger partial charge < -0.3 is 4.74 Å². The summed E-state index contributed by atoms with van der Waals surface area (Å²) in [6.07, 6.45) is 9.40. The van der Waals surface area contributed by atoms with Crippen LogP contribution in [-0.4, -0.2) is 6.61 Å². The predicted octanol–water partition coefficient (Wildman–Crippen LogP) is 2.38. The van der Waals surface area contributed by atoms with Crippen LogP contribution in [0.2, 0.25) is 0 Å². The number of ether oxygens (including phenoxy) is 1. The molecule has 0 aromatic heterocycles. The van der Waals surface area contributed by atoms with E-state index in [1.807, 2.05) is 6.92 Å². The largest absolute Gasteiger partial charge is 0.376 e. The first-order valence-electron chi connectivity index (χ1n) is 3.74. The Morgan fingerprint density at radius 2 is 2.20 bits per heavy atom. The molecule has 0 unspecified atom stereocenters. The van der Waals surface area contributed by atoms with Crippen molar-refractivity contribution in [2.45, 2.75) is 32.6 Å². The monoisotopic (exact) mass is 139 g/mol. The Morgan fingerprint density at radius 1 is 1.40 bits per heavy atom. The lowest BCUT2D eigenvalue weighted by Gasteiger charge is -1.97. The summed E-state index contributed by atoms with van der Waals surface area (Å²) < 4.78 is 5.04. The van der Waals surface area contributed by atoms with Crippen molar-refractivity contribution in [3.63, 3.8) is 0 Å². The molecule has 0 atom stereocenters. The van der Waals surface area contributed by atoms with Crippen molar-refractivity contribution in [3.8, 4) is 12.3 Å². The van der Waals surface area contributed by atoms with Gasteiger partial charge in [-0.25, -0.2) is 0 Å². The highest BCUT2D eigenvalue weighted by Crippen LogP contribution is 1.98. The topological polar surface area (TPSA) is 9.23 Å². The molecule has 0 amide bonds. The molecule has 1 radical (unpaired) electrons. The highest BCUT2D eigenvalue weighted by molar-refractivity contribution is 4.82. The minimum atomic E-state index is 0.834. The summed E-state index contributed by atoms with van der Waals surface area (Å²) in [7, 11) is 0. The van der Waals surface area contributed by atoms with E-state index in [1.165, 1.54) is 6.42 Å². The van der Waals surface area contributed by atoms with Crippen molar-refractivity contribution in [3.05, 3.63) is 6.61 Å². The van der Waals surface area contributed by atoms with E-state index in [0.29, 0.717) is 0 Å². The van der Waals surface area contributed by atoms with Crippen molar-refractivity contribution in [1.82, 2.24) is 0 Å². The highest BCUT2D eigenvalue weighted by Gasteiger charge is 1.86. The summed E-state index contributed by atoms with van der Waals surface area (Å²) in [4.78, 5) is 0. The van der Waals surface area contributed by atoms with E-state index in [9.17, 15) is 0 Å². The summed E-state index contributed by atoms with van der Waals surface area (Å²) in [5.74, 6) is 2.61. The van der Waals surface area contributed by atoms with E-state index in [0.717, 1.165) is 25.9 Å². The van der Waals surface area contributed by atoms with Crippen LogP contribution < -0.4 is 0 Å². The first-order valence-corrected chi connectivity index (χ1v) is 3.74. The van der Waals surface area contributed by atoms with E-state index in [1.54, 1.807) is 6.61 Å². The van der Waals surface area contributed by atoms with Crippen molar-refractivity contribution < 1.29 is 4.74 Å². The maximum absolute atomic E-state index is 5.08. The SMILES string of the molecule is C#CCCCCCO[CH]C. The zero-order chi connectivity index (χ0) is 7.66. The molecule has 0 N–H and O–H groups in total. The first-order chi connectivity index (χ1) is 4.91. The molecular weight excluding hydrogens is 124 g/mol. The van der Waals surface area contributed by atoms with Gasteiger partial charge in [-0.2, -0.15) is 0 Å². The molecule has 1 nitrogen and oxygen atoms in total. The molecule has 0 aliphatic heterocycles. The van der Waals surface area contributed by atoms with Gasteiger partial charge >= 0.3 is 0 Å². The maximum Gasteiger partial charge on any atom is 0.0805 e. The molecule has 10 heavy (non-hydrogen) atoms. The molecule has 1 heteroatoms. The van der Waals surface area contributed by atoms with Gasteiger partial charge in [-0.05, 0) is 19.8 Å². The van der Waals surface area contributed by atoms with Crippen LogP contribution >= 0.6 is 0 Å². The zero-order valence-electron chi connectivity index (χ0n) is 6.60. The summed E-state index contributed by atoms with van der Waals surface area (Å²) in [5, 5.41) is 0. The van der Waals surface area contributed by atoms with Crippen LogP contribution in [0.3, 0.4) is 0 Å². The summed E-state index contributed by atoms with van der Waals surface area (Å²) >= 11 is 0. The molecule has 0 saturated heterocycles. The molecule has 0 heterocycles. The molecular formula is C9H15O. The van der Waals surface area contributed by atoms with E-state index in [2.05, 4.69) is 5.92 Å². The van der Waals surface area contributed by atoms with E-state index in [-0.39, 0.29) is 0 Å². The van der Waals surface area contributed by atoms with Gasteiger partial charge in [0.2, 0.25) is 0 Å². The van der Waals surface area contributed by atoms with Crippen molar-refractivity contribution >= 4 is 0 Å². The molecule has 0 saturated carbocycles. The lowest BCUT2D eigenvalue weighted by Crippen LogP contribution is -1.88. The third kappa shape index (κ3) is 7.52. The van der Waals surface area contributed by atoms with E-state index >= 15 is 0 Å². The second-order valence-corrected chi connectivity index (χ2v) is 2.12. The second-order valence-electron chi connectivity index (χ2n) is 2.12. The predicted molar refractivity (Wildman–Crippen MR) is 43.2 cm³/mol. The standard InChI is InChI=1S/C9H15O/c1-3-5-6-7-8-9-10-4-2/h1,4H,5-9H2,2H3. The number of rotatable bonds is 6. The van der Waals surface area contributed by atoms with Crippen LogP contribution in [0.5, 0.6) is 0 Å². The quantitative estimate of drug-likeness (QED) is 0.405. The Balaban J connectivity index is 2.72. The fourth-order valence-corrected chi connectivity index (χ4v) is 0.707. The Kier molecular flexibility index (Phi) is 8.11. The molecule has 57 valence electrons. The molecule has 0 aliphatic carbocycles. The minimum absolute atomic E-state index is 0.834. The van der Waals surface area contributed by atoms with Crippen LogP contribution in [0.25, 0.3) is 0 Å². The molecule has 0 aromatic carbocycles. The molecule has 0 spiro atoms. The number of terminal acetylenes is 1. The van der Waals surface area contributed by atoms with Gasteiger partial charge in [-0.15, -0.1) is 12.3 Å².